The van der Waals surface area contributed by atoms with Gasteiger partial charge in [0.2, 0.25) is 12.3 Å². The zero-order valence-corrected chi connectivity index (χ0v) is 19.6. The first-order chi connectivity index (χ1) is 12.8. The number of alkyl halides is 4. The van der Waals surface area contributed by atoms with Gasteiger partial charge in [-0.15, -0.1) is 0 Å². The van der Waals surface area contributed by atoms with Crippen molar-refractivity contribution < 1.29 is 25.0 Å². The van der Waals surface area contributed by atoms with Crippen LogP contribution >= 0.6 is 0 Å². The van der Waals surface area contributed by atoms with Crippen LogP contribution in [0.15, 0.2) is 0 Å². The molecular formula is C22H48F4O. The summed E-state index contributed by atoms with van der Waals surface area (Å²) in [6, 6.07) is 0. The zero-order chi connectivity index (χ0) is 24.4. The van der Waals surface area contributed by atoms with E-state index in [1.54, 1.807) is 41.7 Å². The molecule has 0 bridgehead atoms. The Kier molecular flexibility index (Phi) is 23.5. The number of ether oxygens (including phenoxy) is 1. The normalized spacial score (nSPS) is 12.7. The highest BCUT2D eigenvalue weighted by molar-refractivity contribution is 4.59. The first-order valence-corrected chi connectivity index (χ1v) is 9.91. The van der Waals surface area contributed by atoms with Crippen molar-refractivity contribution in [3.63, 3.8) is 0 Å². The van der Waals surface area contributed by atoms with E-state index >= 15 is 0 Å². The SMILES string of the molecule is CC(C)CC(C)(F)F.CC(C)CC(F)F.COCCC(C)C.[2H]C([2H])(C)C(C)C. The van der Waals surface area contributed by atoms with Crippen molar-refractivity contribution in [2.75, 3.05) is 13.7 Å². The first-order valence-electron chi connectivity index (χ1n) is 10.9. The summed E-state index contributed by atoms with van der Waals surface area (Å²) in [5.41, 5.74) is 0. The van der Waals surface area contributed by atoms with Crippen molar-refractivity contribution in [1.82, 2.24) is 0 Å². The Bertz CT molecular complexity index is 318. The number of hydrogen-bond acceptors (Lipinski definition) is 1. The Morgan fingerprint density at radius 2 is 1.26 bits per heavy atom. The Balaban J connectivity index is -0.000000144. The lowest BCUT2D eigenvalue weighted by Gasteiger charge is -2.11. The highest BCUT2D eigenvalue weighted by Gasteiger charge is 2.21. The van der Waals surface area contributed by atoms with Crippen LogP contribution in [0.3, 0.4) is 0 Å². The summed E-state index contributed by atoms with van der Waals surface area (Å²) in [5, 5.41) is 0. The summed E-state index contributed by atoms with van der Waals surface area (Å²) in [5.74, 6) is -1.35. The van der Waals surface area contributed by atoms with Crippen LogP contribution in [0, 0.1) is 23.7 Å². The topological polar surface area (TPSA) is 9.23 Å². The van der Waals surface area contributed by atoms with Gasteiger partial charge in [0.1, 0.15) is 0 Å². The second kappa shape index (κ2) is 22.0. The smallest absolute Gasteiger partial charge is 0.245 e. The Morgan fingerprint density at radius 3 is 1.30 bits per heavy atom. The van der Waals surface area contributed by atoms with Crippen LogP contribution in [0.5, 0.6) is 0 Å². The van der Waals surface area contributed by atoms with Gasteiger partial charge in [0.25, 0.3) is 0 Å². The quantitative estimate of drug-likeness (QED) is 0.366. The second-order valence-corrected chi connectivity index (χ2v) is 8.31. The summed E-state index contributed by atoms with van der Waals surface area (Å²) < 4.78 is 65.5. The molecular weight excluding hydrogens is 356 g/mol. The third-order valence-electron chi connectivity index (χ3n) is 2.89. The molecule has 0 aromatic heterocycles. The summed E-state index contributed by atoms with van der Waals surface area (Å²) in [6.07, 6.45) is -1.93. The molecule has 170 valence electrons. The molecule has 27 heavy (non-hydrogen) atoms. The maximum Gasteiger partial charge on any atom is 0.245 e. The molecule has 0 atom stereocenters. The zero-order valence-electron chi connectivity index (χ0n) is 21.6. The molecule has 0 saturated heterocycles. The maximum atomic E-state index is 12.0. The molecule has 0 rings (SSSR count). The van der Waals surface area contributed by atoms with E-state index in [-0.39, 0.29) is 30.6 Å². The fourth-order valence-corrected chi connectivity index (χ4v) is 1.43. The minimum absolute atomic E-state index is 0.00694. The van der Waals surface area contributed by atoms with Gasteiger partial charge in [0.05, 0.1) is 0 Å². The Labute approximate surface area is 170 Å². The maximum absolute atomic E-state index is 12.0. The molecule has 0 unspecified atom stereocenters. The van der Waals surface area contributed by atoms with Gasteiger partial charge in [-0.1, -0.05) is 68.7 Å². The van der Waals surface area contributed by atoms with Crippen molar-refractivity contribution in [3.8, 4) is 0 Å². The molecule has 0 fully saturated rings. The molecule has 0 aliphatic rings. The van der Waals surface area contributed by atoms with E-state index in [4.69, 9.17) is 7.48 Å². The largest absolute Gasteiger partial charge is 0.385 e. The number of rotatable bonds is 8. The van der Waals surface area contributed by atoms with Crippen LogP contribution in [0.4, 0.5) is 17.6 Å². The van der Waals surface area contributed by atoms with E-state index in [0.717, 1.165) is 19.4 Å². The van der Waals surface area contributed by atoms with Gasteiger partial charge in [-0.2, -0.15) is 0 Å². The summed E-state index contributed by atoms with van der Waals surface area (Å²) in [7, 11) is 1.74. The minimum atomic E-state index is -2.48. The molecule has 1 nitrogen and oxygen atoms in total. The van der Waals surface area contributed by atoms with Gasteiger partial charge < -0.3 is 4.74 Å². The molecule has 0 aromatic rings. The monoisotopic (exact) mass is 406 g/mol. The molecule has 0 aromatic carbocycles. The minimum Gasteiger partial charge on any atom is -0.385 e. The van der Waals surface area contributed by atoms with Crippen LogP contribution in [0.25, 0.3) is 0 Å². The lowest BCUT2D eigenvalue weighted by Crippen LogP contribution is -2.12. The fourth-order valence-electron chi connectivity index (χ4n) is 1.43. The third kappa shape index (κ3) is 66.8. The van der Waals surface area contributed by atoms with Crippen molar-refractivity contribution in [2.24, 2.45) is 23.7 Å². The lowest BCUT2D eigenvalue weighted by atomic mass is 10.1. The van der Waals surface area contributed by atoms with Crippen molar-refractivity contribution >= 4 is 0 Å². The summed E-state index contributed by atoms with van der Waals surface area (Å²) in [6.45, 7) is 18.7. The van der Waals surface area contributed by atoms with Crippen molar-refractivity contribution in [1.29, 1.82) is 0 Å². The number of methoxy groups -OCH3 is 1. The van der Waals surface area contributed by atoms with Gasteiger partial charge in [-0.25, -0.2) is 17.6 Å². The van der Waals surface area contributed by atoms with Crippen molar-refractivity contribution in [2.45, 2.75) is 107 Å². The number of halogens is 4. The molecule has 0 radical (unpaired) electrons. The lowest BCUT2D eigenvalue weighted by molar-refractivity contribution is 0.000972. The van der Waals surface area contributed by atoms with Crippen LogP contribution in [-0.2, 0) is 4.74 Å². The van der Waals surface area contributed by atoms with E-state index in [0.29, 0.717) is 0 Å². The average molecular weight is 407 g/mol. The van der Waals surface area contributed by atoms with E-state index in [1.165, 1.54) is 6.42 Å². The predicted octanol–water partition coefficient (Wildman–Crippen LogP) is 8.72. The highest BCUT2D eigenvalue weighted by Crippen LogP contribution is 2.21. The van der Waals surface area contributed by atoms with Crippen LogP contribution in [0.1, 0.15) is 97.6 Å². The molecule has 0 spiro atoms. The molecule has 0 aliphatic carbocycles. The highest BCUT2D eigenvalue weighted by atomic mass is 19.3. The first kappa shape index (κ1) is 28.9. The molecule has 0 N–H and O–H groups in total. The van der Waals surface area contributed by atoms with Gasteiger partial charge in [0.15, 0.2) is 0 Å². The van der Waals surface area contributed by atoms with Crippen LogP contribution in [0.2, 0.25) is 0 Å². The van der Waals surface area contributed by atoms with E-state index in [1.807, 2.05) is 13.8 Å². The summed E-state index contributed by atoms with van der Waals surface area (Å²) >= 11 is 0. The van der Waals surface area contributed by atoms with Crippen LogP contribution in [-0.4, -0.2) is 26.1 Å². The van der Waals surface area contributed by atoms with Gasteiger partial charge in [-0.3, -0.25) is 0 Å². The van der Waals surface area contributed by atoms with Crippen molar-refractivity contribution in [3.05, 3.63) is 0 Å². The van der Waals surface area contributed by atoms with Gasteiger partial charge in [0, 0.05) is 29.3 Å². The number of hydrogen-bond donors (Lipinski definition) is 0. The van der Waals surface area contributed by atoms with Gasteiger partial charge in [-0.05, 0) is 37.0 Å². The predicted molar refractivity (Wildman–Crippen MR) is 112 cm³/mol. The Hall–Kier alpha value is -0.320. The van der Waals surface area contributed by atoms with E-state index in [2.05, 4.69) is 13.8 Å². The summed E-state index contributed by atoms with van der Waals surface area (Å²) in [4.78, 5) is 0. The van der Waals surface area contributed by atoms with Gasteiger partial charge >= 0.3 is 0 Å². The third-order valence-corrected chi connectivity index (χ3v) is 2.89. The van der Waals surface area contributed by atoms with Crippen LogP contribution < -0.4 is 0 Å². The molecule has 0 aliphatic heterocycles. The van der Waals surface area contributed by atoms with E-state index < -0.39 is 18.7 Å². The Morgan fingerprint density at radius 1 is 0.852 bits per heavy atom. The second-order valence-electron chi connectivity index (χ2n) is 8.31. The molecule has 0 saturated carbocycles. The average Bonchev–Trinajstić information content (AvgIpc) is 2.41. The molecule has 0 heterocycles. The standard InChI is InChI=1S/C6H12F2.C6H14O.C5H10F2.C5H12/c1-5(2)4-6(3,7)8;1-6(2)4-5-7-3;1-4(2)3-5(6)7;1-4-5(2)3/h5H,4H2,1-3H3;6H,4-5H2,1-3H3;4-5H,3H2,1-2H3;5H,4H2,1-3H3/i;;;4D2. The molecule has 5 heteroatoms. The van der Waals surface area contributed by atoms with E-state index in [9.17, 15) is 17.6 Å². The fraction of sp³-hybridized carbons (Fsp3) is 1.00. The molecule has 0 amide bonds.